The van der Waals surface area contributed by atoms with Crippen LogP contribution in [0.5, 0.6) is 5.75 Å². The van der Waals surface area contributed by atoms with Gasteiger partial charge in [0.15, 0.2) is 6.61 Å². The molecule has 1 heterocycles. The van der Waals surface area contributed by atoms with Gasteiger partial charge in [-0.15, -0.1) is 0 Å². The van der Waals surface area contributed by atoms with Crippen molar-refractivity contribution in [3.8, 4) is 5.75 Å². The molecule has 5 heteroatoms. The maximum absolute atomic E-state index is 12.5. The summed E-state index contributed by atoms with van der Waals surface area (Å²) in [6, 6.07) is 12.8. The van der Waals surface area contributed by atoms with E-state index in [2.05, 4.69) is 0 Å². The first-order chi connectivity index (χ1) is 9.66. The van der Waals surface area contributed by atoms with E-state index in [1.165, 1.54) is 0 Å². The van der Waals surface area contributed by atoms with Crippen LogP contribution in [-0.4, -0.2) is 21.9 Å². The van der Waals surface area contributed by atoms with Crippen LogP contribution in [0.1, 0.15) is 11.1 Å². The highest BCUT2D eigenvalue weighted by molar-refractivity contribution is 7.85. The Morgan fingerprint density at radius 3 is 2.70 bits per heavy atom. The minimum absolute atomic E-state index is 0.398. The van der Waals surface area contributed by atoms with Crippen molar-refractivity contribution < 1.29 is 18.8 Å². The lowest BCUT2D eigenvalue weighted by atomic mass is 10.0. The summed E-state index contributed by atoms with van der Waals surface area (Å²) in [6.07, 6.45) is 0.604. The molecule has 0 bridgehead atoms. The monoisotopic (exact) mass is 288 g/mol. The second-order valence-electron chi connectivity index (χ2n) is 4.47. The van der Waals surface area contributed by atoms with E-state index in [-0.39, 0.29) is 0 Å². The molecule has 102 valence electrons. The van der Waals surface area contributed by atoms with Gasteiger partial charge in [-0.1, -0.05) is 24.3 Å². The average molecular weight is 288 g/mol. The Hall–Kier alpha value is -2.14. The Labute approximate surface area is 118 Å². The van der Waals surface area contributed by atoms with Gasteiger partial charge in [-0.25, -0.2) is 9.00 Å². The Balaban J connectivity index is 2.04. The number of ether oxygens (including phenoxy) is 1. The summed E-state index contributed by atoms with van der Waals surface area (Å²) in [5.41, 5.74) is 1.80. The third-order valence-corrected chi connectivity index (χ3v) is 4.76. The van der Waals surface area contributed by atoms with Gasteiger partial charge in [-0.05, 0) is 23.8 Å². The van der Waals surface area contributed by atoms with Gasteiger partial charge in [-0.3, -0.25) is 0 Å². The number of carbonyl (C=O) groups is 1. The van der Waals surface area contributed by atoms with Gasteiger partial charge in [0.05, 0.1) is 15.7 Å². The van der Waals surface area contributed by atoms with Crippen LogP contribution in [0.15, 0.2) is 52.3 Å². The van der Waals surface area contributed by atoms with E-state index in [9.17, 15) is 9.00 Å². The van der Waals surface area contributed by atoms with Crippen molar-refractivity contribution in [2.24, 2.45) is 0 Å². The first-order valence-corrected chi connectivity index (χ1v) is 7.28. The second kappa shape index (κ2) is 5.09. The van der Waals surface area contributed by atoms with E-state index in [1.807, 2.05) is 24.3 Å². The van der Waals surface area contributed by atoms with Crippen molar-refractivity contribution in [1.29, 1.82) is 0 Å². The van der Waals surface area contributed by atoms with E-state index >= 15 is 0 Å². The van der Waals surface area contributed by atoms with Crippen LogP contribution in [0.4, 0.5) is 0 Å². The van der Waals surface area contributed by atoms with Crippen LogP contribution in [0.3, 0.4) is 0 Å². The molecule has 0 fully saturated rings. The average Bonchev–Trinajstić information content (AvgIpc) is 2.45. The third kappa shape index (κ3) is 2.20. The predicted octanol–water partition coefficient (Wildman–Crippen LogP) is 2.22. The molecule has 1 atom stereocenters. The molecule has 4 nitrogen and oxygen atoms in total. The summed E-state index contributed by atoms with van der Waals surface area (Å²) in [5.74, 6) is -0.535. The molecule has 2 aromatic carbocycles. The lowest BCUT2D eigenvalue weighted by Crippen LogP contribution is -2.14. The van der Waals surface area contributed by atoms with Crippen molar-refractivity contribution in [1.82, 2.24) is 0 Å². The molecule has 0 aromatic heterocycles. The van der Waals surface area contributed by atoms with E-state index in [4.69, 9.17) is 9.84 Å². The number of hydrogen-bond donors (Lipinski definition) is 1. The molecule has 1 aliphatic rings. The smallest absolute Gasteiger partial charge is 0.341 e. The van der Waals surface area contributed by atoms with Crippen molar-refractivity contribution in [3.63, 3.8) is 0 Å². The molecule has 0 spiro atoms. The van der Waals surface area contributed by atoms with E-state index in [0.29, 0.717) is 17.1 Å². The van der Waals surface area contributed by atoms with Gasteiger partial charge in [0.1, 0.15) is 5.75 Å². The third-order valence-electron chi connectivity index (χ3n) is 3.18. The fraction of sp³-hybridized carbons (Fsp3) is 0.133. The molecular weight excluding hydrogens is 276 g/mol. The number of rotatable bonds is 3. The number of fused-ring (bicyclic) bond motifs is 2. The molecule has 20 heavy (non-hydrogen) atoms. The maximum Gasteiger partial charge on any atom is 0.341 e. The number of aliphatic carboxylic acids is 1. The standard InChI is InChI=1S/C15H12O4S/c16-15(17)9-19-12-5-3-7-14-11(12)8-10-4-1-2-6-13(10)20(14)18/h1-7H,8-9H2,(H,16,17). The maximum atomic E-state index is 12.5. The topological polar surface area (TPSA) is 63.6 Å². The Morgan fingerprint density at radius 1 is 1.15 bits per heavy atom. The van der Waals surface area contributed by atoms with Gasteiger partial charge < -0.3 is 9.84 Å². The largest absolute Gasteiger partial charge is 0.482 e. The summed E-state index contributed by atoms with van der Waals surface area (Å²) < 4.78 is 17.8. The Kier molecular flexibility index (Phi) is 3.28. The van der Waals surface area contributed by atoms with E-state index in [0.717, 1.165) is 16.0 Å². The fourth-order valence-corrected chi connectivity index (χ4v) is 3.72. The van der Waals surface area contributed by atoms with Crippen molar-refractivity contribution in [2.75, 3.05) is 6.61 Å². The van der Waals surface area contributed by atoms with Gasteiger partial charge in [0.2, 0.25) is 0 Å². The number of carboxylic acids is 1. The number of hydrogen-bond acceptors (Lipinski definition) is 3. The zero-order valence-corrected chi connectivity index (χ0v) is 11.4. The first-order valence-electron chi connectivity index (χ1n) is 6.13. The van der Waals surface area contributed by atoms with Gasteiger partial charge >= 0.3 is 5.97 Å². The van der Waals surface area contributed by atoms with E-state index in [1.54, 1.807) is 18.2 Å². The van der Waals surface area contributed by atoms with Crippen molar-refractivity contribution >= 4 is 16.8 Å². The van der Waals surface area contributed by atoms with Gasteiger partial charge in [0.25, 0.3) is 0 Å². The molecule has 2 aromatic rings. The highest BCUT2D eigenvalue weighted by atomic mass is 32.2. The Morgan fingerprint density at radius 2 is 1.90 bits per heavy atom. The van der Waals surface area contributed by atoms with Crippen LogP contribution in [-0.2, 0) is 22.0 Å². The van der Waals surface area contributed by atoms with Crippen LogP contribution in [0.25, 0.3) is 0 Å². The lowest BCUT2D eigenvalue weighted by Gasteiger charge is -2.21. The SMILES string of the molecule is O=C(O)COc1cccc2c1Cc1ccccc1S2=O. The number of carboxylic acid groups (broad SMARTS) is 1. The predicted molar refractivity (Wildman–Crippen MR) is 73.5 cm³/mol. The normalized spacial score (nSPS) is 16.1. The quantitative estimate of drug-likeness (QED) is 0.802. The summed E-state index contributed by atoms with van der Waals surface area (Å²) in [6.45, 7) is -0.398. The minimum Gasteiger partial charge on any atom is -0.482 e. The minimum atomic E-state index is -1.24. The van der Waals surface area contributed by atoms with Crippen LogP contribution in [0, 0.1) is 0 Å². The highest BCUT2D eigenvalue weighted by Gasteiger charge is 2.24. The van der Waals surface area contributed by atoms with Crippen molar-refractivity contribution in [3.05, 3.63) is 53.6 Å². The van der Waals surface area contributed by atoms with Crippen LogP contribution >= 0.6 is 0 Å². The highest BCUT2D eigenvalue weighted by Crippen LogP contribution is 2.36. The molecule has 1 N–H and O–H groups in total. The Bertz CT molecular complexity index is 709. The molecule has 0 amide bonds. The molecule has 0 saturated heterocycles. The second-order valence-corrected chi connectivity index (χ2v) is 5.89. The summed E-state index contributed by atoms with van der Waals surface area (Å²) >= 11 is 0. The molecular formula is C15H12O4S. The molecule has 0 radical (unpaired) electrons. The zero-order chi connectivity index (χ0) is 14.1. The number of benzene rings is 2. The molecule has 1 unspecified atom stereocenters. The van der Waals surface area contributed by atoms with Crippen LogP contribution < -0.4 is 4.74 Å². The summed E-state index contributed by atoms with van der Waals surface area (Å²) in [4.78, 5) is 12.1. The molecule has 0 aliphatic carbocycles. The fourth-order valence-electron chi connectivity index (χ4n) is 2.31. The summed E-state index contributed by atoms with van der Waals surface area (Å²) in [7, 11) is -1.24. The van der Waals surface area contributed by atoms with Gasteiger partial charge in [-0.2, -0.15) is 0 Å². The first kappa shape index (κ1) is 12.9. The van der Waals surface area contributed by atoms with Crippen molar-refractivity contribution in [2.45, 2.75) is 16.2 Å². The van der Waals surface area contributed by atoms with Gasteiger partial charge in [0, 0.05) is 16.9 Å². The molecule has 0 saturated carbocycles. The zero-order valence-electron chi connectivity index (χ0n) is 10.5. The lowest BCUT2D eigenvalue weighted by molar-refractivity contribution is -0.139. The molecule has 1 aliphatic heterocycles. The van der Waals surface area contributed by atoms with Crippen LogP contribution in [0.2, 0.25) is 0 Å². The van der Waals surface area contributed by atoms with E-state index < -0.39 is 23.4 Å². The summed E-state index contributed by atoms with van der Waals surface area (Å²) in [5, 5.41) is 8.70. The molecule has 3 rings (SSSR count).